The third kappa shape index (κ3) is 2.73. The van der Waals surface area contributed by atoms with E-state index >= 15 is 0 Å². The Morgan fingerprint density at radius 2 is 2.24 bits per heavy atom. The van der Waals surface area contributed by atoms with Gasteiger partial charge in [0.1, 0.15) is 0 Å². The molecule has 0 saturated heterocycles. The van der Waals surface area contributed by atoms with Crippen LogP contribution in [0.2, 0.25) is 0 Å². The fourth-order valence-electron chi connectivity index (χ4n) is 1.77. The highest BCUT2D eigenvalue weighted by atomic mass is 32.1. The Hall–Kier alpha value is -2.41. The molecular weight excluding hydrogens is 290 g/mol. The molecule has 0 atom stereocenters. The Labute approximate surface area is 125 Å². The lowest BCUT2D eigenvalue weighted by Gasteiger charge is -2.02. The summed E-state index contributed by atoms with van der Waals surface area (Å²) in [7, 11) is 0. The van der Waals surface area contributed by atoms with Gasteiger partial charge in [0.05, 0.1) is 17.2 Å². The van der Waals surface area contributed by atoms with E-state index in [1.807, 2.05) is 31.4 Å². The van der Waals surface area contributed by atoms with Crippen molar-refractivity contribution in [2.24, 2.45) is 0 Å². The molecule has 0 saturated carbocycles. The molecular formula is C14H13N3O3S. The van der Waals surface area contributed by atoms with E-state index in [1.165, 1.54) is 22.3 Å². The van der Waals surface area contributed by atoms with E-state index in [9.17, 15) is 4.79 Å². The number of nitrogens with zero attached hydrogens (tertiary/aromatic N) is 3. The van der Waals surface area contributed by atoms with Crippen LogP contribution >= 0.6 is 11.3 Å². The van der Waals surface area contributed by atoms with Gasteiger partial charge in [-0.15, -0.1) is 16.4 Å². The summed E-state index contributed by atoms with van der Waals surface area (Å²) in [5.74, 6) is 0.269. The topological polar surface area (TPSA) is 70.2 Å². The minimum Gasteiger partial charge on any atom is -0.460 e. The summed E-state index contributed by atoms with van der Waals surface area (Å²) in [4.78, 5) is 17.6. The van der Waals surface area contributed by atoms with Gasteiger partial charge in [-0.3, -0.25) is 4.79 Å². The molecule has 0 aliphatic heterocycles. The summed E-state index contributed by atoms with van der Waals surface area (Å²) in [6.07, 6.45) is 1.37. The van der Waals surface area contributed by atoms with E-state index in [0.29, 0.717) is 5.82 Å². The summed E-state index contributed by atoms with van der Waals surface area (Å²) < 4.78 is 11.8. The van der Waals surface area contributed by atoms with Gasteiger partial charge in [0, 0.05) is 0 Å². The maximum absolute atomic E-state index is 12.4. The van der Waals surface area contributed by atoms with Crippen LogP contribution in [0.25, 0.3) is 10.7 Å². The van der Waals surface area contributed by atoms with Crippen LogP contribution in [-0.2, 0) is 0 Å². The molecule has 0 N–H and O–H groups in total. The van der Waals surface area contributed by atoms with Crippen molar-refractivity contribution in [3.63, 3.8) is 0 Å². The second-order valence-electron chi connectivity index (χ2n) is 4.56. The molecule has 0 aromatic carbocycles. The number of ether oxygens (including phenoxy) is 1. The van der Waals surface area contributed by atoms with Crippen LogP contribution in [0.5, 0.6) is 6.01 Å². The van der Waals surface area contributed by atoms with E-state index in [1.54, 1.807) is 12.1 Å². The predicted molar refractivity (Wildman–Crippen MR) is 77.5 cm³/mol. The molecule has 3 aromatic heterocycles. The number of rotatable bonds is 4. The summed E-state index contributed by atoms with van der Waals surface area (Å²) in [5, 5.41) is 6.05. The number of carbonyl (C=O) groups excluding carboxylic acids is 1. The highest BCUT2D eigenvalue weighted by Gasteiger charge is 2.22. The molecule has 0 radical (unpaired) electrons. The van der Waals surface area contributed by atoms with Crippen LogP contribution < -0.4 is 4.74 Å². The number of hydrogen-bond donors (Lipinski definition) is 0. The lowest BCUT2D eigenvalue weighted by atomic mass is 10.4. The van der Waals surface area contributed by atoms with E-state index in [-0.39, 0.29) is 23.8 Å². The summed E-state index contributed by atoms with van der Waals surface area (Å²) in [6, 6.07) is 7.18. The lowest BCUT2D eigenvalue weighted by Crippen LogP contribution is -2.14. The first kappa shape index (κ1) is 13.6. The average Bonchev–Trinajstić information content (AvgIpc) is 3.18. The molecule has 3 heterocycles. The Morgan fingerprint density at radius 1 is 1.38 bits per heavy atom. The summed E-state index contributed by atoms with van der Waals surface area (Å²) >= 11 is 1.48. The lowest BCUT2D eigenvalue weighted by molar-refractivity contribution is 0.0915. The molecule has 6 nitrogen and oxygen atoms in total. The summed E-state index contributed by atoms with van der Waals surface area (Å²) in [6.45, 7) is 3.75. The Balaban J connectivity index is 2.05. The molecule has 7 heteroatoms. The van der Waals surface area contributed by atoms with Crippen molar-refractivity contribution in [1.82, 2.24) is 14.8 Å². The molecule has 0 aliphatic rings. The van der Waals surface area contributed by atoms with Gasteiger partial charge in [0.2, 0.25) is 0 Å². The quantitative estimate of drug-likeness (QED) is 0.740. The van der Waals surface area contributed by atoms with Crippen LogP contribution in [-0.4, -0.2) is 26.8 Å². The first-order chi connectivity index (χ1) is 10.1. The second-order valence-corrected chi connectivity index (χ2v) is 5.50. The standard InChI is InChI=1S/C14H13N3O3S/c1-9(2)20-14-15-12(11-6-4-8-21-11)17(16-14)13(18)10-5-3-7-19-10/h3-9H,1-2H3. The second kappa shape index (κ2) is 5.53. The molecule has 0 spiro atoms. The Kier molecular flexibility index (Phi) is 3.57. The number of thiophene rings is 1. The first-order valence-electron chi connectivity index (χ1n) is 6.41. The minimum absolute atomic E-state index is 0.0734. The number of carbonyl (C=O) groups is 1. The van der Waals surface area contributed by atoms with Crippen molar-refractivity contribution in [2.45, 2.75) is 20.0 Å². The zero-order chi connectivity index (χ0) is 14.8. The van der Waals surface area contributed by atoms with Gasteiger partial charge < -0.3 is 9.15 Å². The van der Waals surface area contributed by atoms with Crippen molar-refractivity contribution in [2.75, 3.05) is 0 Å². The van der Waals surface area contributed by atoms with E-state index in [2.05, 4.69) is 10.1 Å². The highest BCUT2D eigenvalue weighted by Crippen LogP contribution is 2.25. The fraction of sp³-hybridized carbons (Fsp3) is 0.214. The largest absolute Gasteiger partial charge is 0.460 e. The number of aromatic nitrogens is 3. The Bertz CT molecular complexity index is 730. The van der Waals surface area contributed by atoms with E-state index in [4.69, 9.17) is 9.15 Å². The van der Waals surface area contributed by atoms with Gasteiger partial charge in [-0.2, -0.15) is 9.67 Å². The molecule has 0 unspecified atom stereocenters. The highest BCUT2D eigenvalue weighted by molar-refractivity contribution is 7.13. The number of furan rings is 1. The molecule has 3 aromatic rings. The van der Waals surface area contributed by atoms with Gasteiger partial charge in [-0.05, 0) is 37.4 Å². The Morgan fingerprint density at radius 3 is 2.86 bits per heavy atom. The van der Waals surface area contributed by atoms with Crippen molar-refractivity contribution in [3.8, 4) is 16.7 Å². The van der Waals surface area contributed by atoms with Crippen LogP contribution in [0.15, 0.2) is 40.3 Å². The SMILES string of the molecule is CC(C)Oc1nc(-c2cccs2)n(C(=O)c2ccco2)n1. The summed E-state index contributed by atoms with van der Waals surface area (Å²) in [5.41, 5.74) is 0. The fourth-order valence-corrected chi connectivity index (χ4v) is 2.46. The minimum atomic E-state index is -0.380. The molecule has 0 bridgehead atoms. The third-order valence-electron chi connectivity index (χ3n) is 2.59. The monoisotopic (exact) mass is 303 g/mol. The molecule has 21 heavy (non-hydrogen) atoms. The van der Waals surface area contributed by atoms with Crippen molar-refractivity contribution < 1.29 is 13.9 Å². The maximum Gasteiger partial charge on any atom is 0.336 e. The van der Waals surface area contributed by atoms with Crippen molar-refractivity contribution in [3.05, 3.63) is 41.7 Å². The zero-order valence-electron chi connectivity index (χ0n) is 11.5. The normalized spacial score (nSPS) is 11.0. The van der Waals surface area contributed by atoms with Crippen LogP contribution in [0.1, 0.15) is 24.4 Å². The molecule has 0 fully saturated rings. The predicted octanol–water partition coefficient (Wildman–Crippen LogP) is 3.08. The smallest absolute Gasteiger partial charge is 0.336 e. The number of hydrogen-bond acceptors (Lipinski definition) is 6. The van der Waals surface area contributed by atoms with Crippen LogP contribution in [0.4, 0.5) is 0 Å². The average molecular weight is 303 g/mol. The zero-order valence-corrected chi connectivity index (χ0v) is 12.3. The van der Waals surface area contributed by atoms with Gasteiger partial charge in [-0.1, -0.05) is 6.07 Å². The van der Waals surface area contributed by atoms with Gasteiger partial charge in [-0.25, -0.2) is 0 Å². The molecule has 108 valence electrons. The van der Waals surface area contributed by atoms with E-state index < -0.39 is 0 Å². The van der Waals surface area contributed by atoms with Gasteiger partial charge in [0.25, 0.3) is 0 Å². The van der Waals surface area contributed by atoms with E-state index in [0.717, 1.165) is 4.88 Å². The molecule has 0 aliphatic carbocycles. The van der Waals surface area contributed by atoms with Gasteiger partial charge >= 0.3 is 11.9 Å². The molecule has 0 amide bonds. The maximum atomic E-state index is 12.4. The van der Waals surface area contributed by atoms with Crippen LogP contribution in [0.3, 0.4) is 0 Å². The van der Waals surface area contributed by atoms with Gasteiger partial charge in [0.15, 0.2) is 11.6 Å². The van der Waals surface area contributed by atoms with Crippen LogP contribution in [0, 0.1) is 0 Å². The van der Waals surface area contributed by atoms with Crippen molar-refractivity contribution in [1.29, 1.82) is 0 Å². The first-order valence-corrected chi connectivity index (χ1v) is 7.29. The molecule has 3 rings (SSSR count). The van der Waals surface area contributed by atoms with Crippen molar-refractivity contribution >= 4 is 17.2 Å². The third-order valence-corrected chi connectivity index (χ3v) is 3.46.